The zero-order valence-electron chi connectivity index (χ0n) is 14.0. The van der Waals surface area contributed by atoms with E-state index in [0.717, 1.165) is 52.2 Å². The van der Waals surface area contributed by atoms with Gasteiger partial charge in [-0.2, -0.15) is 0 Å². The number of likely N-dealkylation sites (tertiary alicyclic amines) is 1. The van der Waals surface area contributed by atoms with E-state index in [1.54, 1.807) is 12.1 Å². The molecule has 3 aliphatic rings. The Kier molecular flexibility index (Phi) is 4.31. The van der Waals surface area contributed by atoms with Gasteiger partial charge in [0.2, 0.25) is 0 Å². The molecule has 1 saturated carbocycles. The molecule has 4 nitrogen and oxygen atoms in total. The molecule has 0 atom stereocenters. The number of benzene rings is 1. The normalized spacial score (nSPS) is 24.8. The molecule has 1 amide bonds. The maximum Gasteiger partial charge on any atom is 0.253 e. The predicted molar refractivity (Wildman–Crippen MR) is 89.4 cm³/mol. The van der Waals surface area contributed by atoms with Crippen LogP contribution in [0.4, 0.5) is 4.39 Å². The highest BCUT2D eigenvalue weighted by molar-refractivity contribution is 5.94. The lowest BCUT2D eigenvalue weighted by atomic mass is 9.60. The molecule has 5 heteroatoms. The first-order valence-corrected chi connectivity index (χ1v) is 9.02. The molecule has 24 heavy (non-hydrogen) atoms. The van der Waals surface area contributed by atoms with Gasteiger partial charge in [0.15, 0.2) is 0 Å². The molecular formula is C19H25FN2O2. The average Bonchev–Trinajstić information content (AvgIpc) is 2.60. The Hall–Kier alpha value is -1.46. The van der Waals surface area contributed by atoms with Crippen molar-refractivity contribution < 1.29 is 13.9 Å². The van der Waals surface area contributed by atoms with E-state index in [0.29, 0.717) is 17.0 Å². The van der Waals surface area contributed by atoms with Gasteiger partial charge in [0, 0.05) is 37.8 Å². The SMILES string of the molecule is O=C(c1cccc(F)c1)N1CCC2(CC1)CC(N1CCOCC1)C2. The lowest BCUT2D eigenvalue weighted by Crippen LogP contribution is -2.57. The van der Waals surface area contributed by atoms with Crippen LogP contribution in [0.15, 0.2) is 24.3 Å². The second kappa shape index (κ2) is 6.45. The largest absolute Gasteiger partial charge is 0.379 e. The Labute approximate surface area is 142 Å². The molecule has 0 unspecified atom stereocenters. The molecule has 0 aromatic heterocycles. The van der Waals surface area contributed by atoms with Gasteiger partial charge in [-0.3, -0.25) is 9.69 Å². The highest BCUT2D eigenvalue weighted by atomic mass is 19.1. The van der Waals surface area contributed by atoms with Crippen molar-refractivity contribution in [3.8, 4) is 0 Å². The van der Waals surface area contributed by atoms with Gasteiger partial charge in [-0.25, -0.2) is 4.39 Å². The van der Waals surface area contributed by atoms with Gasteiger partial charge in [0.25, 0.3) is 5.91 Å². The fraction of sp³-hybridized carbons (Fsp3) is 0.632. The topological polar surface area (TPSA) is 32.8 Å². The molecule has 1 aromatic rings. The Morgan fingerprint density at radius 3 is 2.50 bits per heavy atom. The van der Waals surface area contributed by atoms with Crippen LogP contribution in [0.2, 0.25) is 0 Å². The molecular weight excluding hydrogens is 307 g/mol. The molecule has 0 radical (unpaired) electrons. The number of piperidine rings is 1. The number of carbonyl (C=O) groups excluding carboxylic acids is 1. The Morgan fingerprint density at radius 1 is 1.12 bits per heavy atom. The van der Waals surface area contributed by atoms with Crippen molar-refractivity contribution in [2.75, 3.05) is 39.4 Å². The van der Waals surface area contributed by atoms with E-state index >= 15 is 0 Å². The van der Waals surface area contributed by atoms with Crippen molar-refractivity contribution in [1.29, 1.82) is 0 Å². The Morgan fingerprint density at radius 2 is 1.83 bits per heavy atom. The smallest absolute Gasteiger partial charge is 0.253 e. The van der Waals surface area contributed by atoms with Crippen LogP contribution >= 0.6 is 0 Å². The van der Waals surface area contributed by atoms with E-state index in [-0.39, 0.29) is 11.7 Å². The first-order valence-electron chi connectivity index (χ1n) is 9.02. The van der Waals surface area contributed by atoms with Gasteiger partial charge < -0.3 is 9.64 Å². The second-order valence-corrected chi connectivity index (χ2v) is 7.51. The summed E-state index contributed by atoms with van der Waals surface area (Å²) < 4.78 is 18.8. The maximum atomic E-state index is 13.3. The van der Waals surface area contributed by atoms with Crippen molar-refractivity contribution in [3.05, 3.63) is 35.6 Å². The molecule has 4 rings (SSSR count). The molecule has 3 fully saturated rings. The van der Waals surface area contributed by atoms with Crippen LogP contribution in [0.25, 0.3) is 0 Å². The van der Waals surface area contributed by atoms with Crippen LogP contribution in [0.5, 0.6) is 0 Å². The highest BCUT2D eigenvalue weighted by Crippen LogP contribution is 2.51. The predicted octanol–water partition coefficient (Wildman–Crippen LogP) is 2.54. The fourth-order valence-corrected chi connectivity index (χ4v) is 4.54. The van der Waals surface area contributed by atoms with E-state index in [2.05, 4.69) is 4.90 Å². The van der Waals surface area contributed by atoms with E-state index in [1.807, 2.05) is 4.90 Å². The fourth-order valence-electron chi connectivity index (χ4n) is 4.54. The van der Waals surface area contributed by atoms with Crippen LogP contribution in [-0.2, 0) is 4.74 Å². The quantitative estimate of drug-likeness (QED) is 0.834. The molecule has 130 valence electrons. The van der Waals surface area contributed by atoms with E-state index in [9.17, 15) is 9.18 Å². The van der Waals surface area contributed by atoms with Gasteiger partial charge in [0.05, 0.1) is 13.2 Å². The molecule has 0 bridgehead atoms. The van der Waals surface area contributed by atoms with E-state index < -0.39 is 0 Å². The lowest BCUT2D eigenvalue weighted by molar-refractivity contribution is -0.0703. The Balaban J connectivity index is 1.30. The first kappa shape index (κ1) is 16.0. The molecule has 2 aliphatic heterocycles. The second-order valence-electron chi connectivity index (χ2n) is 7.51. The number of morpholine rings is 1. The van der Waals surface area contributed by atoms with Crippen LogP contribution in [-0.4, -0.2) is 61.1 Å². The van der Waals surface area contributed by atoms with Crippen LogP contribution in [0.3, 0.4) is 0 Å². The van der Waals surface area contributed by atoms with E-state index in [1.165, 1.54) is 25.0 Å². The highest BCUT2D eigenvalue weighted by Gasteiger charge is 2.48. The van der Waals surface area contributed by atoms with Crippen LogP contribution in [0, 0.1) is 11.2 Å². The lowest BCUT2D eigenvalue weighted by Gasteiger charge is -2.55. The van der Waals surface area contributed by atoms with Gasteiger partial charge in [-0.05, 0) is 49.3 Å². The number of hydrogen-bond acceptors (Lipinski definition) is 3. The summed E-state index contributed by atoms with van der Waals surface area (Å²) in [5.41, 5.74) is 0.896. The van der Waals surface area contributed by atoms with Crippen molar-refractivity contribution >= 4 is 5.91 Å². The molecule has 2 heterocycles. The number of carbonyl (C=O) groups is 1. The summed E-state index contributed by atoms with van der Waals surface area (Å²) in [5.74, 6) is -0.380. The van der Waals surface area contributed by atoms with Crippen molar-refractivity contribution in [1.82, 2.24) is 9.80 Å². The van der Waals surface area contributed by atoms with Gasteiger partial charge in [-0.15, -0.1) is 0 Å². The maximum absolute atomic E-state index is 13.3. The zero-order chi connectivity index (χ0) is 16.6. The first-order chi connectivity index (χ1) is 11.7. The number of halogens is 1. The van der Waals surface area contributed by atoms with Gasteiger partial charge in [0.1, 0.15) is 5.82 Å². The molecule has 2 saturated heterocycles. The van der Waals surface area contributed by atoms with Crippen LogP contribution < -0.4 is 0 Å². The Bertz CT molecular complexity index is 599. The molecule has 0 N–H and O–H groups in total. The molecule has 1 spiro atoms. The van der Waals surface area contributed by atoms with E-state index in [4.69, 9.17) is 4.74 Å². The van der Waals surface area contributed by atoms with Crippen molar-refractivity contribution in [3.63, 3.8) is 0 Å². The summed E-state index contributed by atoms with van der Waals surface area (Å²) in [6.07, 6.45) is 4.67. The zero-order valence-corrected chi connectivity index (χ0v) is 14.0. The summed E-state index contributed by atoms with van der Waals surface area (Å²) in [7, 11) is 0. The van der Waals surface area contributed by atoms with Crippen molar-refractivity contribution in [2.24, 2.45) is 5.41 Å². The third-order valence-corrected chi connectivity index (χ3v) is 6.08. The standard InChI is InChI=1S/C19H25FN2O2/c20-16-3-1-2-15(12-16)18(23)22-6-4-19(5-7-22)13-17(14-19)21-8-10-24-11-9-21/h1-3,12,17H,4-11,13-14H2. The number of nitrogens with zero attached hydrogens (tertiary/aromatic N) is 2. The van der Waals surface area contributed by atoms with Crippen molar-refractivity contribution in [2.45, 2.75) is 31.7 Å². The summed E-state index contributed by atoms with van der Waals surface area (Å²) >= 11 is 0. The minimum atomic E-state index is -0.346. The number of amides is 1. The third kappa shape index (κ3) is 3.07. The monoisotopic (exact) mass is 332 g/mol. The van der Waals surface area contributed by atoms with Crippen LogP contribution in [0.1, 0.15) is 36.0 Å². The number of rotatable bonds is 2. The number of hydrogen-bond donors (Lipinski definition) is 0. The van der Waals surface area contributed by atoms with Gasteiger partial charge >= 0.3 is 0 Å². The summed E-state index contributed by atoms with van der Waals surface area (Å²) in [6.45, 7) is 5.44. The molecule has 1 aromatic carbocycles. The number of ether oxygens (including phenoxy) is 1. The summed E-state index contributed by atoms with van der Waals surface area (Å²) in [5, 5.41) is 0. The third-order valence-electron chi connectivity index (χ3n) is 6.08. The summed E-state index contributed by atoms with van der Waals surface area (Å²) in [6, 6.07) is 6.73. The van der Waals surface area contributed by atoms with Gasteiger partial charge in [-0.1, -0.05) is 6.07 Å². The molecule has 1 aliphatic carbocycles. The average molecular weight is 332 g/mol. The minimum absolute atomic E-state index is 0.0339. The summed E-state index contributed by atoms with van der Waals surface area (Å²) in [4.78, 5) is 17.0. The minimum Gasteiger partial charge on any atom is -0.379 e.